The van der Waals surface area contributed by atoms with Gasteiger partial charge in [0.15, 0.2) is 0 Å². The van der Waals surface area contributed by atoms with Crippen molar-refractivity contribution in [3.05, 3.63) is 54.0 Å². The summed E-state index contributed by atoms with van der Waals surface area (Å²) in [6, 6.07) is 12.5. The first-order chi connectivity index (χ1) is 9.28. The number of hydrogen-bond donors (Lipinski definition) is 0. The van der Waals surface area contributed by atoms with Crippen molar-refractivity contribution in [2.45, 2.75) is 18.9 Å². The Kier molecular flexibility index (Phi) is 2.88. The van der Waals surface area contributed by atoms with Crippen molar-refractivity contribution < 1.29 is 4.39 Å². The Morgan fingerprint density at radius 2 is 1.89 bits per heavy atom. The summed E-state index contributed by atoms with van der Waals surface area (Å²) >= 11 is 0. The molecule has 1 heterocycles. The SMILES string of the molecule is N#Cc1ccc(N(c2ccc(F)cc2)C2CC2)nc1. The zero-order chi connectivity index (χ0) is 13.2. The number of halogens is 1. The van der Waals surface area contributed by atoms with Crippen LogP contribution in [0.3, 0.4) is 0 Å². The average Bonchev–Trinajstić information content (AvgIpc) is 3.27. The Bertz CT molecular complexity index is 609. The molecule has 1 fully saturated rings. The molecule has 3 rings (SSSR count). The highest BCUT2D eigenvalue weighted by Gasteiger charge is 2.31. The fourth-order valence-electron chi connectivity index (χ4n) is 2.06. The zero-order valence-corrected chi connectivity index (χ0v) is 10.3. The molecule has 0 aliphatic heterocycles. The molecule has 0 radical (unpaired) electrons. The van der Waals surface area contributed by atoms with Crippen LogP contribution >= 0.6 is 0 Å². The fraction of sp³-hybridized carbons (Fsp3) is 0.200. The smallest absolute Gasteiger partial charge is 0.133 e. The summed E-state index contributed by atoms with van der Waals surface area (Å²) in [6.07, 6.45) is 3.78. The van der Waals surface area contributed by atoms with Crippen LogP contribution in [0.1, 0.15) is 18.4 Å². The fourth-order valence-corrected chi connectivity index (χ4v) is 2.06. The number of pyridine rings is 1. The molecule has 1 aliphatic rings. The van der Waals surface area contributed by atoms with E-state index in [0.29, 0.717) is 11.6 Å². The second-order valence-corrected chi connectivity index (χ2v) is 4.59. The van der Waals surface area contributed by atoms with Crippen LogP contribution in [0.5, 0.6) is 0 Å². The minimum Gasteiger partial charge on any atom is -0.323 e. The maximum absolute atomic E-state index is 13.0. The molecule has 2 aromatic rings. The summed E-state index contributed by atoms with van der Waals surface area (Å²) in [5, 5.41) is 8.79. The predicted molar refractivity (Wildman–Crippen MR) is 70.5 cm³/mol. The van der Waals surface area contributed by atoms with E-state index in [2.05, 4.69) is 16.0 Å². The first-order valence-corrected chi connectivity index (χ1v) is 6.19. The third-order valence-corrected chi connectivity index (χ3v) is 3.14. The van der Waals surface area contributed by atoms with Crippen molar-refractivity contribution in [3.8, 4) is 6.07 Å². The van der Waals surface area contributed by atoms with Crippen LogP contribution in [-0.2, 0) is 0 Å². The van der Waals surface area contributed by atoms with Gasteiger partial charge >= 0.3 is 0 Å². The summed E-state index contributed by atoms with van der Waals surface area (Å²) in [7, 11) is 0. The summed E-state index contributed by atoms with van der Waals surface area (Å²) < 4.78 is 13.0. The number of aromatic nitrogens is 1. The van der Waals surface area contributed by atoms with Crippen LogP contribution < -0.4 is 4.90 Å². The van der Waals surface area contributed by atoms with Gasteiger partial charge in [0, 0.05) is 17.9 Å². The van der Waals surface area contributed by atoms with E-state index in [1.165, 1.54) is 12.1 Å². The van der Waals surface area contributed by atoms with E-state index >= 15 is 0 Å². The molecular weight excluding hydrogens is 241 g/mol. The molecule has 1 aliphatic carbocycles. The maximum atomic E-state index is 13.0. The van der Waals surface area contributed by atoms with Gasteiger partial charge in [0.25, 0.3) is 0 Å². The molecule has 3 nitrogen and oxygen atoms in total. The Morgan fingerprint density at radius 3 is 2.42 bits per heavy atom. The monoisotopic (exact) mass is 253 g/mol. The predicted octanol–water partition coefficient (Wildman–Crippen LogP) is 3.39. The van der Waals surface area contributed by atoms with E-state index in [0.717, 1.165) is 24.3 Å². The molecule has 1 aromatic heterocycles. The third-order valence-electron chi connectivity index (χ3n) is 3.14. The van der Waals surface area contributed by atoms with Gasteiger partial charge in [0.05, 0.1) is 5.56 Å². The second-order valence-electron chi connectivity index (χ2n) is 4.59. The lowest BCUT2D eigenvalue weighted by Crippen LogP contribution is -2.20. The lowest BCUT2D eigenvalue weighted by Gasteiger charge is -2.23. The van der Waals surface area contributed by atoms with E-state index in [1.54, 1.807) is 24.4 Å². The zero-order valence-electron chi connectivity index (χ0n) is 10.3. The molecule has 19 heavy (non-hydrogen) atoms. The van der Waals surface area contributed by atoms with Crippen LogP contribution in [0, 0.1) is 17.1 Å². The standard InChI is InChI=1S/C15H12FN3/c16-12-2-4-13(5-3-12)19(14-6-7-14)15-8-1-11(9-17)10-18-15/h1-5,8,10,14H,6-7H2. The lowest BCUT2D eigenvalue weighted by atomic mass is 10.2. The highest BCUT2D eigenvalue weighted by molar-refractivity contribution is 5.62. The normalized spacial score (nSPS) is 13.9. The van der Waals surface area contributed by atoms with E-state index in [-0.39, 0.29) is 5.82 Å². The van der Waals surface area contributed by atoms with Crippen molar-refractivity contribution in [2.75, 3.05) is 4.90 Å². The molecule has 0 saturated heterocycles. The van der Waals surface area contributed by atoms with Crippen molar-refractivity contribution in [1.29, 1.82) is 5.26 Å². The topological polar surface area (TPSA) is 39.9 Å². The molecule has 4 heteroatoms. The Labute approximate surface area is 110 Å². The van der Waals surface area contributed by atoms with Crippen LogP contribution in [-0.4, -0.2) is 11.0 Å². The van der Waals surface area contributed by atoms with Gasteiger partial charge in [-0.3, -0.25) is 0 Å². The van der Waals surface area contributed by atoms with Gasteiger partial charge in [-0.05, 0) is 49.2 Å². The molecule has 0 amide bonds. The van der Waals surface area contributed by atoms with Crippen molar-refractivity contribution in [1.82, 2.24) is 4.98 Å². The first-order valence-electron chi connectivity index (χ1n) is 6.19. The summed E-state index contributed by atoms with van der Waals surface area (Å²) in [5.41, 5.74) is 1.47. The van der Waals surface area contributed by atoms with E-state index < -0.39 is 0 Å². The number of nitrogens with zero attached hydrogens (tertiary/aromatic N) is 3. The molecule has 94 valence electrons. The highest BCUT2D eigenvalue weighted by Crippen LogP contribution is 2.37. The summed E-state index contributed by atoms with van der Waals surface area (Å²) in [4.78, 5) is 6.42. The Hall–Kier alpha value is -2.41. The van der Waals surface area contributed by atoms with Crippen LogP contribution in [0.15, 0.2) is 42.6 Å². The average molecular weight is 253 g/mol. The molecule has 0 unspecified atom stereocenters. The number of nitriles is 1. The molecular formula is C15H12FN3. The number of rotatable bonds is 3. The Morgan fingerprint density at radius 1 is 1.16 bits per heavy atom. The minimum atomic E-state index is -0.243. The van der Waals surface area contributed by atoms with Crippen molar-refractivity contribution in [3.63, 3.8) is 0 Å². The van der Waals surface area contributed by atoms with Gasteiger partial charge in [-0.25, -0.2) is 9.37 Å². The van der Waals surface area contributed by atoms with E-state index in [9.17, 15) is 4.39 Å². The van der Waals surface area contributed by atoms with Gasteiger partial charge in [-0.15, -0.1) is 0 Å². The van der Waals surface area contributed by atoms with Gasteiger partial charge in [0.2, 0.25) is 0 Å². The molecule has 0 spiro atoms. The van der Waals surface area contributed by atoms with Gasteiger partial charge < -0.3 is 4.90 Å². The molecule has 0 bridgehead atoms. The van der Waals surface area contributed by atoms with E-state index in [4.69, 9.17) is 5.26 Å². The largest absolute Gasteiger partial charge is 0.323 e. The maximum Gasteiger partial charge on any atom is 0.133 e. The third kappa shape index (κ3) is 2.41. The molecule has 0 atom stereocenters. The molecule has 0 N–H and O–H groups in total. The van der Waals surface area contributed by atoms with Crippen LogP contribution in [0.25, 0.3) is 0 Å². The van der Waals surface area contributed by atoms with Crippen LogP contribution in [0.4, 0.5) is 15.9 Å². The van der Waals surface area contributed by atoms with Crippen LogP contribution in [0.2, 0.25) is 0 Å². The first kappa shape index (κ1) is 11.7. The quantitative estimate of drug-likeness (QED) is 0.841. The van der Waals surface area contributed by atoms with Crippen molar-refractivity contribution in [2.24, 2.45) is 0 Å². The lowest BCUT2D eigenvalue weighted by molar-refractivity contribution is 0.627. The summed E-state index contributed by atoms with van der Waals surface area (Å²) in [6.45, 7) is 0. The highest BCUT2D eigenvalue weighted by atomic mass is 19.1. The minimum absolute atomic E-state index is 0.243. The molecule has 1 saturated carbocycles. The van der Waals surface area contributed by atoms with E-state index in [1.807, 2.05) is 6.07 Å². The number of anilines is 2. The number of hydrogen-bond acceptors (Lipinski definition) is 3. The number of benzene rings is 1. The van der Waals surface area contributed by atoms with Gasteiger partial charge in [0.1, 0.15) is 17.7 Å². The van der Waals surface area contributed by atoms with Gasteiger partial charge in [-0.2, -0.15) is 5.26 Å². The molecule has 1 aromatic carbocycles. The van der Waals surface area contributed by atoms with Crippen molar-refractivity contribution >= 4 is 11.5 Å². The summed E-state index contributed by atoms with van der Waals surface area (Å²) in [5.74, 6) is 0.556. The Balaban J connectivity index is 1.96. The second kappa shape index (κ2) is 4.69. The van der Waals surface area contributed by atoms with Gasteiger partial charge in [-0.1, -0.05) is 0 Å².